The second kappa shape index (κ2) is 9.14. The van der Waals surface area contributed by atoms with Gasteiger partial charge in [-0.15, -0.1) is 35.3 Å². The highest BCUT2D eigenvalue weighted by Gasteiger charge is 2.09. The maximum atomic E-state index is 4.61. The van der Waals surface area contributed by atoms with Crippen molar-refractivity contribution < 1.29 is 0 Å². The van der Waals surface area contributed by atoms with Crippen molar-refractivity contribution >= 4 is 46.9 Å². The Labute approximate surface area is 169 Å². The lowest BCUT2D eigenvalue weighted by molar-refractivity contribution is 0.471. The SMILES string of the molecule is CN=C(NCCc1cn2ccccc2n1)N(C)Cc1csc(C)n1.I. The first-order valence-electron chi connectivity index (χ1n) is 7.91. The predicted octanol–water partition coefficient (Wildman–Crippen LogP) is 2.97. The van der Waals surface area contributed by atoms with Crippen LogP contribution in [0.15, 0.2) is 41.0 Å². The molecule has 25 heavy (non-hydrogen) atoms. The molecule has 3 heterocycles. The summed E-state index contributed by atoms with van der Waals surface area (Å²) in [6.45, 7) is 3.56. The summed E-state index contributed by atoms with van der Waals surface area (Å²) in [5, 5.41) is 6.58. The molecule has 0 aliphatic heterocycles. The van der Waals surface area contributed by atoms with Gasteiger partial charge >= 0.3 is 0 Å². The molecule has 3 aromatic rings. The zero-order valence-corrected chi connectivity index (χ0v) is 17.8. The number of fused-ring (bicyclic) bond motifs is 1. The molecule has 3 aromatic heterocycles. The Morgan fingerprint density at radius 3 is 2.84 bits per heavy atom. The molecule has 0 atom stereocenters. The molecule has 3 rings (SSSR count). The molecule has 0 bridgehead atoms. The summed E-state index contributed by atoms with van der Waals surface area (Å²) < 4.78 is 2.04. The minimum absolute atomic E-state index is 0. The van der Waals surface area contributed by atoms with E-state index in [1.165, 1.54) is 0 Å². The zero-order chi connectivity index (χ0) is 16.9. The number of imidazole rings is 1. The Kier molecular flexibility index (Phi) is 7.18. The summed E-state index contributed by atoms with van der Waals surface area (Å²) in [6, 6.07) is 6.02. The molecule has 6 nitrogen and oxygen atoms in total. The Morgan fingerprint density at radius 1 is 1.32 bits per heavy atom. The minimum atomic E-state index is 0. The lowest BCUT2D eigenvalue weighted by Crippen LogP contribution is -2.39. The lowest BCUT2D eigenvalue weighted by atomic mass is 10.3. The van der Waals surface area contributed by atoms with Gasteiger partial charge in [0.25, 0.3) is 0 Å². The molecular weight excluding hydrogens is 447 g/mol. The molecule has 0 saturated carbocycles. The number of aryl methyl sites for hydroxylation is 1. The molecule has 0 aliphatic carbocycles. The smallest absolute Gasteiger partial charge is 0.193 e. The second-order valence-electron chi connectivity index (χ2n) is 5.64. The van der Waals surface area contributed by atoms with Crippen LogP contribution in [0.3, 0.4) is 0 Å². The molecule has 0 unspecified atom stereocenters. The van der Waals surface area contributed by atoms with Crippen LogP contribution in [-0.4, -0.2) is 45.9 Å². The fraction of sp³-hybridized carbons (Fsp3) is 0.353. The highest BCUT2D eigenvalue weighted by Crippen LogP contribution is 2.10. The van der Waals surface area contributed by atoms with E-state index in [1.807, 2.05) is 42.8 Å². The molecule has 134 valence electrons. The molecule has 8 heteroatoms. The number of nitrogens with one attached hydrogen (secondary N) is 1. The highest BCUT2D eigenvalue weighted by molar-refractivity contribution is 14.0. The molecule has 0 saturated heterocycles. The van der Waals surface area contributed by atoms with Gasteiger partial charge in [0.1, 0.15) is 5.65 Å². The van der Waals surface area contributed by atoms with Gasteiger partial charge in [0.05, 0.1) is 22.9 Å². The van der Waals surface area contributed by atoms with Gasteiger partial charge in [-0.25, -0.2) is 9.97 Å². The van der Waals surface area contributed by atoms with Crippen molar-refractivity contribution in [1.82, 2.24) is 24.6 Å². The number of hydrogen-bond donors (Lipinski definition) is 1. The average Bonchev–Trinajstić information content (AvgIpc) is 3.16. The van der Waals surface area contributed by atoms with Crippen molar-refractivity contribution in [3.05, 3.63) is 52.4 Å². The number of aliphatic imine (C=N–C) groups is 1. The van der Waals surface area contributed by atoms with Crippen LogP contribution in [0.1, 0.15) is 16.4 Å². The van der Waals surface area contributed by atoms with Crippen LogP contribution in [0.4, 0.5) is 0 Å². The second-order valence-corrected chi connectivity index (χ2v) is 6.70. The van der Waals surface area contributed by atoms with Crippen molar-refractivity contribution in [1.29, 1.82) is 0 Å². The van der Waals surface area contributed by atoms with Crippen LogP contribution in [0, 0.1) is 6.92 Å². The monoisotopic (exact) mass is 470 g/mol. The maximum Gasteiger partial charge on any atom is 0.193 e. The number of rotatable bonds is 5. The van der Waals surface area contributed by atoms with Crippen LogP contribution in [0.5, 0.6) is 0 Å². The summed E-state index contributed by atoms with van der Waals surface area (Å²) in [4.78, 5) is 15.5. The molecule has 1 N–H and O–H groups in total. The van der Waals surface area contributed by atoms with Crippen molar-refractivity contribution in [3.8, 4) is 0 Å². The highest BCUT2D eigenvalue weighted by atomic mass is 127. The molecule has 0 amide bonds. The normalized spacial score (nSPS) is 11.4. The molecule has 0 aliphatic rings. The van der Waals surface area contributed by atoms with Gasteiger partial charge in [-0.05, 0) is 19.1 Å². The number of nitrogens with zero attached hydrogens (tertiary/aromatic N) is 5. The van der Waals surface area contributed by atoms with E-state index in [1.54, 1.807) is 18.4 Å². The third-order valence-corrected chi connectivity index (χ3v) is 4.54. The van der Waals surface area contributed by atoms with Crippen LogP contribution in [0.2, 0.25) is 0 Å². The van der Waals surface area contributed by atoms with Crippen molar-refractivity contribution in [2.75, 3.05) is 20.6 Å². The number of pyridine rings is 1. The van der Waals surface area contributed by atoms with Gasteiger partial charge in [0.2, 0.25) is 0 Å². The Bertz CT molecular complexity index is 807. The van der Waals surface area contributed by atoms with E-state index in [2.05, 4.69) is 36.8 Å². The Morgan fingerprint density at radius 2 is 2.16 bits per heavy atom. The van der Waals surface area contributed by atoms with Gasteiger partial charge in [-0.3, -0.25) is 4.99 Å². The van der Waals surface area contributed by atoms with E-state index < -0.39 is 0 Å². The third kappa shape index (κ3) is 5.15. The standard InChI is InChI=1S/C17H22N6S.HI/c1-13-20-15(12-24-13)10-22(3)17(18-2)19-8-7-14-11-23-9-5-4-6-16(23)21-14;/h4-6,9,11-12H,7-8,10H2,1-3H3,(H,18,19);1H. The van der Waals surface area contributed by atoms with Crippen LogP contribution in [-0.2, 0) is 13.0 Å². The zero-order valence-electron chi connectivity index (χ0n) is 14.6. The summed E-state index contributed by atoms with van der Waals surface area (Å²) in [6.07, 6.45) is 4.94. The average molecular weight is 470 g/mol. The first-order chi connectivity index (χ1) is 11.7. The van der Waals surface area contributed by atoms with Crippen LogP contribution >= 0.6 is 35.3 Å². The summed E-state index contributed by atoms with van der Waals surface area (Å²) in [5.41, 5.74) is 3.12. The molecule has 0 fully saturated rings. The minimum Gasteiger partial charge on any atom is -0.356 e. The van der Waals surface area contributed by atoms with E-state index in [9.17, 15) is 0 Å². The number of aromatic nitrogens is 3. The number of thiazole rings is 1. The maximum absolute atomic E-state index is 4.61. The van der Waals surface area contributed by atoms with E-state index in [-0.39, 0.29) is 24.0 Å². The van der Waals surface area contributed by atoms with Gasteiger partial charge in [-0.2, -0.15) is 0 Å². The molecule has 0 radical (unpaired) electrons. The Balaban J connectivity index is 0.00000225. The third-order valence-electron chi connectivity index (χ3n) is 3.72. The van der Waals surface area contributed by atoms with Crippen molar-refractivity contribution in [2.24, 2.45) is 4.99 Å². The fourth-order valence-electron chi connectivity index (χ4n) is 2.59. The number of guanidine groups is 1. The predicted molar refractivity (Wildman–Crippen MR) is 114 cm³/mol. The van der Waals surface area contributed by atoms with E-state index in [4.69, 9.17) is 0 Å². The van der Waals surface area contributed by atoms with E-state index >= 15 is 0 Å². The first-order valence-corrected chi connectivity index (χ1v) is 8.79. The quantitative estimate of drug-likeness (QED) is 0.354. The van der Waals surface area contributed by atoms with Gasteiger partial charge in [-0.1, -0.05) is 6.07 Å². The van der Waals surface area contributed by atoms with Crippen molar-refractivity contribution in [3.63, 3.8) is 0 Å². The first kappa shape index (κ1) is 19.6. The summed E-state index contributed by atoms with van der Waals surface area (Å²) in [5.74, 6) is 0.865. The fourth-order valence-corrected chi connectivity index (χ4v) is 3.20. The number of halogens is 1. The van der Waals surface area contributed by atoms with Crippen molar-refractivity contribution in [2.45, 2.75) is 19.9 Å². The van der Waals surface area contributed by atoms with Crippen LogP contribution < -0.4 is 5.32 Å². The van der Waals surface area contributed by atoms with Crippen LogP contribution in [0.25, 0.3) is 5.65 Å². The lowest BCUT2D eigenvalue weighted by Gasteiger charge is -2.21. The molecule has 0 aromatic carbocycles. The number of hydrogen-bond acceptors (Lipinski definition) is 4. The molecule has 0 spiro atoms. The van der Waals surface area contributed by atoms with E-state index in [0.717, 1.165) is 47.5 Å². The van der Waals surface area contributed by atoms with Gasteiger partial charge in [0, 0.05) is 44.8 Å². The summed E-state index contributed by atoms with van der Waals surface area (Å²) in [7, 11) is 3.82. The summed E-state index contributed by atoms with van der Waals surface area (Å²) >= 11 is 1.67. The largest absolute Gasteiger partial charge is 0.356 e. The Hall–Kier alpha value is -1.68. The van der Waals surface area contributed by atoms with E-state index in [0.29, 0.717) is 0 Å². The van der Waals surface area contributed by atoms with Gasteiger partial charge < -0.3 is 14.6 Å². The topological polar surface area (TPSA) is 57.8 Å². The molecular formula is C17H23IN6S. The van der Waals surface area contributed by atoms with Gasteiger partial charge in [0.15, 0.2) is 5.96 Å².